The van der Waals surface area contributed by atoms with Crippen LogP contribution in [0.15, 0.2) is 30.3 Å². The van der Waals surface area contributed by atoms with Crippen molar-refractivity contribution in [1.82, 2.24) is 0 Å². The molecule has 0 heterocycles. The molecular formula is C28H33F2N. The summed E-state index contributed by atoms with van der Waals surface area (Å²) >= 11 is 0. The standard InChI is InChI=1S/C28H33F2N/c1-2-3-4-5-19-6-8-20(9-7-19)21-10-12-22(13-11-21)23-14-15-25-24(16-23)17-27(29)26(18-31)28(25)30/h10-13,17,19-20,23H,2-9,14-16H2,1H3. The zero-order valence-electron chi connectivity index (χ0n) is 18.6. The highest BCUT2D eigenvalue weighted by Gasteiger charge is 2.27. The van der Waals surface area contributed by atoms with Crippen molar-refractivity contribution in [3.8, 4) is 6.07 Å². The zero-order chi connectivity index (χ0) is 21.8. The van der Waals surface area contributed by atoms with E-state index in [0.717, 1.165) is 17.9 Å². The maximum Gasteiger partial charge on any atom is 0.147 e. The maximum absolute atomic E-state index is 14.5. The molecule has 0 N–H and O–H groups in total. The van der Waals surface area contributed by atoms with Crippen LogP contribution >= 0.6 is 0 Å². The van der Waals surface area contributed by atoms with Gasteiger partial charge in [-0.1, -0.05) is 56.9 Å². The monoisotopic (exact) mass is 421 g/mol. The molecule has 0 aromatic heterocycles. The van der Waals surface area contributed by atoms with Crippen LogP contribution < -0.4 is 0 Å². The summed E-state index contributed by atoms with van der Waals surface area (Å²) in [5, 5.41) is 9.00. The Morgan fingerprint density at radius 2 is 1.61 bits per heavy atom. The Labute approximate surface area is 185 Å². The summed E-state index contributed by atoms with van der Waals surface area (Å²) in [6.45, 7) is 2.27. The van der Waals surface area contributed by atoms with Crippen LogP contribution in [-0.2, 0) is 12.8 Å². The lowest BCUT2D eigenvalue weighted by atomic mass is 9.76. The lowest BCUT2D eigenvalue weighted by Crippen LogP contribution is -2.16. The molecule has 0 aliphatic heterocycles. The molecule has 0 bridgehead atoms. The smallest absolute Gasteiger partial charge is 0.147 e. The number of fused-ring (bicyclic) bond motifs is 1. The summed E-state index contributed by atoms with van der Waals surface area (Å²) in [7, 11) is 0. The van der Waals surface area contributed by atoms with Gasteiger partial charge in [0.1, 0.15) is 23.3 Å². The van der Waals surface area contributed by atoms with Gasteiger partial charge < -0.3 is 0 Å². The molecule has 1 fully saturated rings. The van der Waals surface area contributed by atoms with Gasteiger partial charge in [0.15, 0.2) is 0 Å². The molecule has 164 valence electrons. The van der Waals surface area contributed by atoms with Crippen molar-refractivity contribution in [2.45, 2.75) is 89.4 Å². The molecule has 1 atom stereocenters. The largest absolute Gasteiger partial charge is 0.205 e. The van der Waals surface area contributed by atoms with E-state index in [1.165, 1.54) is 68.6 Å². The van der Waals surface area contributed by atoms with Crippen molar-refractivity contribution in [2.75, 3.05) is 0 Å². The van der Waals surface area contributed by atoms with E-state index >= 15 is 0 Å². The van der Waals surface area contributed by atoms with Gasteiger partial charge in [-0.25, -0.2) is 8.78 Å². The van der Waals surface area contributed by atoms with Crippen LogP contribution in [0.1, 0.15) is 104 Å². The lowest BCUT2D eigenvalue weighted by Gasteiger charge is -2.29. The Hall–Kier alpha value is -2.21. The van der Waals surface area contributed by atoms with Crippen molar-refractivity contribution < 1.29 is 8.78 Å². The Balaban J connectivity index is 1.38. The lowest BCUT2D eigenvalue weighted by molar-refractivity contribution is 0.303. The number of halogens is 2. The van der Waals surface area contributed by atoms with E-state index in [2.05, 4.69) is 31.2 Å². The highest BCUT2D eigenvalue weighted by Crippen LogP contribution is 2.39. The average molecular weight is 422 g/mol. The number of benzene rings is 2. The van der Waals surface area contributed by atoms with Gasteiger partial charge in [-0.05, 0) is 91.0 Å². The molecule has 0 amide bonds. The first-order valence-electron chi connectivity index (χ1n) is 12.1. The Morgan fingerprint density at radius 3 is 2.26 bits per heavy atom. The van der Waals surface area contributed by atoms with Crippen LogP contribution in [0.25, 0.3) is 0 Å². The van der Waals surface area contributed by atoms with E-state index < -0.39 is 17.2 Å². The second-order valence-corrected chi connectivity index (χ2v) is 9.62. The number of unbranched alkanes of at least 4 members (excludes halogenated alkanes) is 2. The van der Waals surface area contributed by atoms with Crippen LogP contribution in [0, 0.1) is 28.9 Å². The minimum atomic E-state index is -0.736. The highest BCUT2D eigenvalue weighted by molar-refractivity contribution is 5.44. The van der Waals surface area contributed by atoms with Gasteiger partial charge >= 0.3 is 0 Å². The maximum atomic E-state index is 14.5. The molecule has 0 spiro atoms. The molecule has 1 saturated carbocycles. The normalized spacial score (nSPS) is 23.2. The van der Waals surface area contributed by atoms with Crippen molar-refractivity contribution in [1.29, 1.82) is 5.26 Å². The first kappa shape index (κ1) is 22.0. The quantitative estimate of drug-likeness (QED) is 0.434. The van der Waals surface area contributed by atoms with E-state index in [0.29, 0.717) is 24.3 Å². The van der Waals surface area contributed by atoms with Gasteiger partial charge in [-0.3, -0.25) is 0 Å². The fourth-order valence-electron chi connectivity index (χ4n) is 5.74. The summed E-state index contributed by atoms with van der Waals surface area (Å²) in [6.07, 6.45) is 12.8. The molecule has 2 aromatic carbocycles. The zero-order valence-corrected chi connectivity index (χ0v) is 18.6. The predicted molar refractivity (Wildman–Crippen MR) is 121 cm³/mol. The van der Waals surface area contributed by atoms with Crippen LogP contribution in [0.2, 0.25) is 0 Å². The van der Waals surface area contributed by atoms with E-state index in [1.54, 1.807) is 6.07 Å². The number of rotatable bonds is 6. The van der Waals surface area contributed by atoms with Crippen LogP contribution in [0.4, 0.5) is 8.78 Å². The molecule has 1 unspecified atom stereocenters. The fraction of sp³-hybridized carbons (Fsp3) is 0.536. The topological polar surface area (TPSA) is 23.8 Å². The van der Waals surface area contributed by atoms with Crippen molar-refractivity contribution >= 4 is 0 Å². The molecule has 31 heavy (non-hydrogen) atoms. The van der Waals surface area contributed by atoms with Gasteiger partial charge in [0.25, 0.3) is 0 Å². The minimum Gasteiger partial charge on any atom is -0.205 e. The van der Waals surface area contributed by atoms with Crippen molar-refractivity contribution in [3.05, 3.63) is 69.8 Å². The van der Waals surface area contributed by atoms with Crippen molar-refractivity contribution in [3.63, 3.8) is 0 Å². The summed E-state index contributed by atoms with van der Waals surface area (Å²) in [6, 6.07) is 12.1. The first-order chi connectivity index (χ1) is 15.1. The Morgan fingerprint density at radius 1 is 0.935 bits per heavy atom. The van der Waals surface area contributed by atoms with Crippen LogP contribution in [0.3, 0.4) is 0 Å². The average Bonchev–Trinajstić information content (AvgIpc) is 2.80. The number of nitriles is 1. The molecule has 0 radical (unpaired) electrons. The van der Waals surface area contributed by atoms with E-state index in [1.807, 2.05) is 0 Å². The second kappa shape index (κ2) is 9.94. The summed E-state index contributed by atoms with van der Waals surface area (Å²) < 4.78 is 28.5. The predicted octanol–water partition coefficient (Wildman–Crippen LogP) is 7.96. The second-order valence-electron chi connectivity index (χ2n) is 9.62. The summed E-state index contributed by atoms with van der Waals surface area (Å²) in [4.78, 5) is 0. The van der Waals surface area contributed by atoms with Crippen LogP contribution in [0.5, 0.6) is 0 Å². The van der Waals surface area contributed by atoms with Gasteiger partial charge in [0, 0.05) is 0 Å². The van der Waals surface area contributed by atoms with E-state index in [-0.39, 0.29) is 5.92 Å². The van der Waals surface area contributed by atoms with Gasteiger partial charge in [-0.2, -0.15) is 5.26 Å². The third kappa shape index (κ3) is 4.84. The highest BCUT2D eigenvalue weighted by atomic mass is 19.1. The van der Waals surface area contributed by atoms with Crippen LogP contribution in [-0.4, -0.2) is 0 Å². The molecule has 4 rings (SSSR count). The van der Waals surface area contributed by atoms with E-state index in [9.17, 15) is 8.78 Å². The van der Waals surface area contributed by atoms with Gasteiger partial charge in [0.05, 0.1) is 0 Å². The molecule has 1 nitrogen and oxygen atoms in total. The fourth-order valence-corrected chi connectivity index (χ4v) is 5.74. The minimum absolute atomic E-state index is 0.280. The SMILES string of the molecule is CCCCCC1CCC(c2ccc(C3CCc4c(cc(F)c(C#N)c4F)C3)cc2)CC1. The summed E-state index contributed by atoms with van der Waals surface area (Å²) in [5.74, 6) is 0.488. The molecule has 2 aliphatic carbocycles. The number of nitrogens with zero attached hydrogens (tertiary/aromatic N) is 1. The number of hydrogen-bond donors (Lipinski definition) is 0. The van der Waals surface area contributed by atoms with E-state index in [4.69, 9.17) is 5.26 Å². The Kier molecular flexibility index (Phi) is 7.06. The third-order valence-electron chi connectivity index (χ3n) is 7.67. The summed E-state index contributed by atoms with van der Waals surface area (Å²) in [5.41, 5.74) is 3.51. The first-order valence-corrected chi connectivity index (χ1v) is 12.1. The van der Waals surface area contributed by atoms with Crippen molar-refractivity contribution in [2.24, 2.45) is 5.92 Å². The molecule has 0 saturated heterocycles. The Bertz CT molecular complexity index is 933. The molecule has 3 heteroatoms. The molecule has 2 aromatic rings. The third-order valence-corrected chi connectivity index (χ3v) is 7.67. The molecular weight excluding hydrogens is 388 g/mol. The number of hydrogen-bond acceptors (Lipinski definition) is 1. The van der Waals surface area contributed by atoms with Gasteiger partial charge in [-0.15, -0.1) is 0 Å². The van der Waals surface area contributed by atoms with Gasteiger partial charge in [0.2, 0.25) is 0 Å². The molecule has 2 aliphatic rings.